The third-order valence-corrected chi connectivity index (χ3v) is 4.13. The average Bonchev–Trinajstić information content (AvgIpc) is 2.71. The third-order valence-electron chi connectivity index (χ3n) is 4.13. The number of primary amides is 1. The van der Waals surface area contributed by atoms with Crippen LogP contribution in [0.1, 0.15) is 41.9 Å². The average molecular weight is 284 g/mol. The van der Waals surface area contributed by atoms with Crippen molar-refractivity contribution in [3.8, 4) is 0 Å². The highest BCUT2D eigenvalue weighted by Crippen LogP contribution is 2.32. The molecule has 1 heterocycles. The van der Waals surface area contributed by atoms with Crippen LogP contribution in [0.2, 0.25) is 0 Å². The lowest BCUT2D eigenvalue weighted by Crippen LogP contribution is -2.16. The Hall–Kier alpha value is -2.10. The molecule has 4 nitrogen and oxygen atoms in total. The van der Waals surface area contributed by atoms with Gasteiger partial charge in [-0.2, -0.15) is 0 Å². The monoisotopic (exact) mass is 284 g/mol. The standard InChI is InChI=1S/C17H20N2O2/c1-10(2)9-19-15-5-3-11(17(18)21)7-13(15)14-8-12(20)4-6-16(14)19/h3,5,7,10H,4,6,8-9H2,1-2H3,(H2,18,21). The fraction of sp³-hybridized carbons (Fsp3) is 0.412. The van der Waals surface area contributed by atoms with Gasteiger partial charge in [0.25, 0.3) is 0 Å². The Kier molecular flexibility index (Phi) is 3.32. The summed E-state index contributed by atoms with van der Waals surface area (Å²) >= 11 is 0. The van der Waals surface area contributed by atoms with Gasteiger partial charge in [0.15, 0.2) is 0 Å². The van der Waals surface area contributed by atoms with Gasteiger partial charge in [0, 0.05) is 41.5 Å². The molecular formula is C17H20N2O2. The number of rotatable bonds is 3. The SMILES string of the molecule is CC(C)Cn1c2c(c3cc(C(N)=O)ccc31)CC(=O)CC2. The molecule has 0 spiro atoms. The van der Waals surface area contributed by atoms with Crippen molar-refractivity contribution < 1.29 is 9.59 Å². The van der Waals surface area contributed by atoms with Crippen LogP contribution in [-0.4, -0.2) is 16.3 Å². The normalized spacial score (nSPS) is 14.7. The molecule has 0 unspecified atom stereocenters. The van der Waals surface area contributed by atoms with Crippen molar-refractivity contribution in [2.75, 3.05) is 0 Å². The summed E-state index contributed by atoms with van der Waals surface area (Å²) < 4.78 is 2.31. The molecule has 1 amide bonds. The summed E-state index contributed by atoms with van der Waals surface area (Å²) in [4.78, 5) is 23.2. The Balaban J connectivity index is 2.26. The number of aromatic nitrogens is 1. The minimum Gasteiger partial charge on any atom is -0.366 e. The molecule has 0 saturated carbocycles. The van der Waals surface area contributed by atoms with Crippen LogP contribution in [0.4, 0.5) is 0 Å². The minimum absolute atomic E-state index is 0.274. The lowest BCUT2D eigenvalue weighted by molar-refractivity contribution is -0.118. The molecule has 0 radical (unpaired) electrons. The summed E-state index contributed by atoms with van der Waals surface area (Å²) in [6.45, 7) is 5.30. The lowest BCUT2D eigenvalue weighted by Gasteiger charge is -2.17. The number of hydrogen-bond donors (Lipinski definition) is 1. The number of benzene rings is 1. The van der Waals surface area contributed by atoms with E-state index in [1.54, 1.807) is 6.07 Å². The van der Waals surface area contributed by atoms with Crippen LogP contribution in [0.25, 0.3) is 10.9 Å². The first-order chi connectivity index (χ1) is 9.97. The van der Waals surface area contributed by atoms with Gasteiger partial charge in [0.2, 0.25) is 5.91 Å². The van der Waals surface area contributed by atoms with Crippen molar-refractivity contribution in [3.05, 3.63) is 35.0 Å². The van der Waals surface area contributed by atoms with E-state index in [0.29, 0.717) is 24.3 Å². The largest absolute Gasteiger partial charge is 0.366 e. The first-order valence-electron chi connectivity index (χ1n) is 7.43. The maximum Gasteiger partial charge on any atom is 0.248 e. The fourth-order valence-electron chi connectivity index (χ4n) is 3.23. The number of fused-ring (bicyclic) bond motifs is 3. The number of nitrogens with zero attached hydrogens (tertiary/aromatic N) is 1. The van der Waals surface area contributed by atoms with E-state index >= 15 is 0 Å². The zero-order valence-corrected chi connectivity index (χ0v) is 12.5. The van der Waals surface area contributed by atoms with Crippen molar-refractivity contribution in [1.82, 2.24) is 4.57 Å². The molecule has 1 aliphatic rings. The van der Waals surface area contributed by atoms with Gasteiger partial charge in [0.1, 0.15) is 5.78 Å². The van der Waals surface area contributed by atoms with Crippen molar-refractivity contribution in [1.29, 1.82) is 0 Å². The van der Waals surface area contributed by atoms with E-state index in [1.807, 2.05) is 12.1 Å². The molecule has 0 aliphatic heterocycles. The highest BCUT2D eigenvalue weighted by atomic mass is 16.1. The Morgan fingerprint density at radius 2 is 2.10 bits per heavy atom. The van der Waals surface area contributed by atoms with Gasteiger partial charge < -0.3 is 10.3 Å². The molecule has 1 aromatic heterocycles. The number of nitrogens with two attached hydrogens (primary N) is 1. The molecule has 1 aromatic carbocycles. The van der Waals surface area contributed by atoms with Gasteiger partial charge >= 0.3 is 0 Å². The quantitative estimate of drug-likeness (QED) is 0.941. The molecule has 0 fully saturated rings. The van der Waals surface area contributed by atoms with Crippen LogP contribution in [0, 0.1) is 5.92 Å². The molecule has 4 heteroatoms. The van der Waals surface area contributed by atoms with E-state index in [2.05, 4.69) is 18.4 Å². The van der Waals surface area contributed by atoms with Gasteiger partial charge in [0.05, 0.1) is 0 Å². The highest BCUT2D eigenvalue weighted by molar-refractivity contribution is 6.00. The van der Waals surface area contributed by atoms with Gasteiger partial charge in [-0.05, 0) is 36.1 Å². The number of carbonyl (C=O) groups excluding carboxylic acids is 2. The van der Waals surface area contributed by atoms with Crippen molar-refractivity contribution in [2.24, 2.45) is 11.7 Å². The summed E-state index contributed by atoms with van der Waals surface area (Å²) in [5.41, 5.74) is 9.33. The van der Waals surface area contributed by atoms with E-state index in [-0.39, 0.29) is 5.78 Å². The maximum atomic E-state index is 11.8. The zero-order chi connectivity index (χ0) is 15.1. The molecule has 0 atom stereocenters. The van der Waals surface area contributed by atoms with Crippen LogP contribution in [0.5, 0.6) is 0 Å². The van der Waals surface area contributed by atoms with Gasteiger partial charge in [-0.25, -0.2) is 0 Å². The number of amides is 1. The first-order valence-corrected chi connectivity index (χ1v) is 7.43. The Bertz CT molecular complexity index is 741. The highest BCUT2D eigenvalue weighted by Gasteiger charge is 2.24. The Morgan fingerprint density at radius 3 is 2.76 bits per heavy atom. The molecule has 110 valence electrons. The number of hydrogen-bond acceptors (Lipinski definition) is 2. The molecule has 21 heavy (non-hydrogen) atoms. The zero-order valence-electron chi connectivity index (χ0n) is 12.5. The van der Waals surface area contributed by atoms with Gasteiger partial charge in [-0.3, -0.25) is 9.59 Å². The topological polar surface area (TPSA) is 65.1 Å². The predicted octanol–water partition coefficient (Wildman–Crippen LogP) is 2.45. The summed E-state index contributed by atoms with van der Waals surface area (Å²) in [6.07, 6.45) is 1.88. The predicted molar refractivity (Wildman–Crippen MR) is 82.3 cm³/mol. The third kappa shape index (κ3) is 2.35. The van der Waals surface area contributed by atoms with Crippen LogP contribution >= 0.6 is 0 Å². The molecule has 2 N–H and O–H groups in total. The van der Waals surface area contributed by atoms with Crippen LogP contribution in [-0.2, 0) is 24.2 Å². The molecule has 2 aromatic rings. The van der Waals surface area contributed by atoms with Crippen molar-refractivity contribution >= 4 is 22.6 Å². The molecule has 0 bridgehead atoms. The van der Waals surface area contributed by atoms with E-state index in [0.717, 1.165) is 29.4 Å². The summed E-state index contributed by atoms with van der Waals surface area (Å²) in [6, 6.07) is 5.57. The lowest BCUT2D eigenvalue weighted by atomic mass is 9.94. The summed E-state index contributed by atoms with van der Waals surface area (Å²) in [5.74, 6) is 0.373. The van der Waals surface area contributed by atoms with E-state index < -0.39 is 5.91 Å². The second kappa shape index (κ2) is 5.02. The van der Waals surface area contributed by atoms with Gasteiger partial charge in [-0.1, -0.05) is 13.8 Å². The molecular weight excluding hydrogens is 264 g/mol. The van der Waals surface area contributed by atoms with Crippen molar-refractivity contribution in [3.63, 3.8) is 0 Å². The summed E-state index contributed by atoms with van der Waals surface area (Å²) in [5, 5.41) is 1.01. The number of carbonyl (C=O) groups is 2. The molecule has 3 rings (SSSR count). The van der Waals surface area contributed by atoms with E-state index in [1.165, 1.54) is 5.69 Å². The van der Waals surface area contributed by atoms with Crippen molar-refractivity contribution in [2.45, 2.75) is 39.7 Å². The summed E-state index contributed by atoms with van der Waals surface area (Å²) in [7, 11) is 0. The minimum atomic E-state index is -0.426. The number of Topliss-reactive ketones (excluding diaryl/α,β-unsaturated/α-hetero) is 1. The van der Waals surface area contributed by atoms with Crippen LogP contribution in [0.3, 0.4) is 0 Å². The van der Waals surface area contributed by atoms with E-state index in [9.17, 15) is 9.59 Å². The second-order valence-corrected chi connectivity index (χ2v) is 6.24. The number of ketones is 1. The molecule has 1 aliphatic carbocycles. The van der Waals surface area contributed by atoms with Gasteiger partial charge in [-0.15, -0.1) is 0 Å². The van der Waals surface area contributed by atoms with Crippen LogP contribution in [0.15, 0.2) is 18.2 Å². The Labute approximate surface area is 123 Å². The Morgan fingerprint density at radius 1 is 1.33 bits per heavy atom. The second-order valence-electron chi connectivity index (χ2n) is 6.24. The van der Waals surface area contributed by atoms with E-state index in [4.69, 9.17) is 5.73 Å². The maximum absolute atomic E-state index is 11.8. The first kappa shape index (κ1) is 13.9. The smallest absolute Gasteiger partial charge is 0.248 e. The molecule has 0 saturated heterocycles. The fourth-order valence-corrected chi connectivity index (χ4v) is 3.23. The van der Waals surface area contributed by atoms with Crippen LogP contribution < -0.4 is 5.73 Å².